The number of rotatable bonds is 9. The van der Waals surface area contributed by atoms with Gasteiger partial charge in [-0.1, -0.05) is 46.0 Å². The van der Waals surface area contributed by atoms with Crippen molar-refractivity contribution in [1.82, 2.24) is 4.98 Å². The number of pyridine rings is 1. The van der Waals surface area contributed by atoms with Crippen LogP contribution in [0.1, 0.15) is 74.8 Å². The van der Waals surface area contributed by atoms with E-state index in [4.69, 9.17) is 9.47 Å². The van der Waals surface area contributed by atoms with E-state index in [1.165, 1.54) is 38.5 Å². The maximum Gasteiger partial charge on any atom is 0.343 e. The quantitative estimate of drug-likeness (QED) is 0.472. The Morgan fingerprint density at radius 3 is 2.28 bits per heavy atom. The molecule has 0 spiro atoms. The zero-order chi connectivity index (χ0) is 20.5. The maximum absolute atomic E-state index is 12.3. The normalized spacial score (nSPS) is 19.0. The van der Waals surface area contributed by atoms with E-state index in [1.54, 1.807) is 30.5 Å². The van der Waals surface area contributed by atoms with Crippen LogP contribution in [-0.4, -0.2) is 17.6 Å². The summed E-state index contributed by atoms with van der Waals surface area (Å²) in [5, 5.41) is 0. The highest BCUT2D eigenvalue weighted by Crippen LogP contribution is 2.33. The minimum absolute atomic E-state index is 0.380. The van der Waals surface area contributed by atoms with E-state index >= 15 is 0 Å². The summed E-state index contributed by atoms with van der Waals surface area (Å²) < 4.78 is 11.0. The van der Waals surface area contributed by atoms with Gasteiger partial charge in [-0.05, 0) is 67.5 Å². The fourth-order valence-corrected chi connectivity index (χ4v) is 3.97. The van der Waals surface area contributed by atoms with E-state index in [9.17, 15) is 4.79 Å². The van der Waals surface area contributed by atoms with E-state index in [0.29, 0.717) is 17.9 Å². The highest BCUT2D eigenvalue weighted by Gasteiger charge is 2.19. The molecule has 0 N–H and O–H groups in total. The summed E-state index contributed by atoms with van der Waals surface area (Å²) in [5.41, 5.74) is 1.57. The fourth-order valence-electron chi connectivity index (χ4n) is 3.97. The molecule has 1 heterocycles. The lowest BCUT2D eigenvalue weighted by Gasteiger charge is -2.27. The zero-order valence-corrected chi connectivity index (χ0v) is 17.7. The number of hydrogen-bond acceptors (Lipinski definition) is 4. The highest BCUT2D eigenvalue weighted by molar-refractivity contribution is 5.91. The van der Waals surface area contributed by atoms with Crippen LogP contribution in [0.25, 0.3) is 0 Å². The van der Waals surface area contributed by atoms with Gasteiger partial charge in [-0.2, -0.15) is 0 Å². The van der Waals surface area contributed by atoms with Crippen LogP contribution in [0, 0.1) is 11.8 Å². The molecule has 1 saturated carbocycles. The summed E-state index contributed by atoms with van der Waals surface area (Å²) >= 11 is 0. The molecule has 3 rings (SSSR count). The number of carbonyl (C=O) groups is 1. The average Bonchev–Trinajstić information content (AvgIpc) is 2.78. The molecule has 0 bridgehead atoms. The van der Waals surface area contributed by atoms with Crippen LogP contribution < -0.4 is 9.47 Å². The van der Waals surface area contributed by atoms with Crippen molar-refractivity contribution in [3.05, 3.63) is 53.9 Å². The van der Waals surface area contributed by atoms with E-state index < -0.39 is 0 Å². The predicted molar refractivity (Wildman–Crippen MR) is 115 cm³/mol. The van der Waals surface area contributed by atoms with Gasteiger partial charge in [-0.15, -0.1) is 0 Å². The molecule has 29 heavy (non-hydrogen) atoms. The molecular formula is C25H33NO3. The summed E-state index contributed by atoms with van der Waals surface area (Å²) in [6.07, 6.45) is 11.6. The Bertz CT molecular complexity index is 747. The topological polar surface area (TPSA) is 48.4 Å². The van der Waals surface area contributed by atoms with Gasteiger partial charge in [0.15, 0.2) is 0 Å². The molecule has 2 aromatic rings. The second-order valence-corrected chi connectivity index (χ2v) is 8.08. The lowest BCUT2D eigenvalue weighted by atomic mass is 9.79. The van der Waals surface area contributed by atoms with Crippen molar-refractivity contribution in [2.75, 3.05) is 6.61 Å². The number of ether oxygens (including phenoxy) is 2. The van der Waals surface area contributed by atoms with Crippen molar-refractivity contribution in [3.8, 4) is 11.5 Å². The second kappa shape index (κ2) is 11.0. The molecule has 0 radical (unpaired) electrons. The summed E-state index contributed by atoms with van der Waals surface area (Å²) in [5.74, 6) is 2.64. The number of benzene rings is 1. The second-order valence-electron chi connectivity index (χ2n) is 8.08. The predicted octanol–water partition coefficient (Wildman–Crippen LogP) is 6.24. The first-order valence-corrected chi connectivity index (χ1v) is 11.1. The third-order valence-electron chi connectivity index (χ3n) is 5.92. The van der Waals surface area contributed by atoms with Gasteiger partial charge in [-0.25, -0.2) is 4.79 Å². The number of aromatic nitrogens is 1. The SMILES string of the molecule is CCCOc1ccc(C(=O)Oc2ccc(CC[C@H]3CC[C@H](CC)CC3)nc2)cc1. The number of nitrogens with zero attached hydrogens (tertiary/aromatic N) is 1. The third kappa shape index (κ3) is 6.59. The molecule has 0 saturated heterocycles. The van der Waals surface area contributed by atoms with E-state index in [-0.39, 0.29) is 5.97 Å². The minimum Gasteiger partial charge on any atom is -0.494 e. The Morgan fingerprint density at radius 1 is 0.966 bits per heavy atom. The van der Waals surface area contributed by atoms with Crippen molar-refractivity contribution in [3.63, 3.8) is 0 Å². The maximum atomic E-state index is 12.3. The van der Waals surface area contributed by atoms with Crippen molar-refractivity contribution in [2.45, 2.75) is 65.2 Å². The summed E-state index contributed by atoms with van der Waals surface area (Å²) in [4.78, 5) is 16.8. The molecule has 1 aliphatic rings. The monoisotopic (exact) mass is 395 g/mol. The Labute approximate surface area is 174 Å². The summed E-state index contributed by atoms with van der Waals surface area (Å²) in [7, 11) is 0. The van der Waals surface area contributed by atoms with Gasteiger partial charge in [0, 0.05) is 5.69 Å². The van der Waals surface area contributed by atoms with Crippen LogP contribution in [0.3, 0.4) is 0 Å². The van der Waals surface area contributed by atoms with Crippen LogP contribution in [0.15, 0.2) is 42.6 Å². The number of carbonyl (C=O) groups excluding carboxylic acids is 1. The van der Waals surface area contributed by atoms with Crippen LogP contribution in [-0.2, 0) is 6.42 Å². The Kier molecular flexibility index (Phi) is 8.09. The number of aryl methyl sites for hydroxylation is 1. The standard InChI is InChI=1S/C25H33NO3/c1-3-17-28-23-14-10-21(11-15-23)25(27)29-24-16-13-22(26-18-24)12-9-20-7-5-19(4-2)6-8-20/h10-11,13-16,18-20H,3-9,12,17H2,1-2H3/t19-,20-. The van der Waals surface area contributed by atoms with Gasteiger partial charge in [0.2, 0.25) is 0 Å². The van der Waals surface area contributed by atoms with Crippen LogP contribution in [0.5, 0.6) is 11.5 Å². The van der Waals surface area contributed by atoms with E-state index in [0.717, 1.165) is 36.1 Å². The summed E-state index contributed by atoms with van der Waals surface area (Å²) in [6.45, 7) is 5.03. The lowest BCUT2D eigenvalue weighted by Crippen LogP contribution is -2.14. The number of esters is 1. The molecule has 0 aliphatic heterocycles. The van der Waals surface area contributed by atoms with Crippen molar-refractivity contribution < 1.29 is 14.3 Å². The van der Waals surface area contributed by atoms with Crippen molar-refractivity contribution >= 4 is 5.97 Å². The van der Waals surface area contributed by atoms with Crippen LogP contribution in [0.2, 0.25) is 0 Å². The van der Waals surface area contributed by atoms with E-state index in [1.807, 2.05) is 12.1 Å². The average molecular weight is 396 g/mol. The van der Waals surface area contributed by atoms with Crippen molar-refractivity contribution in [1.29, 1.82) is 0 Å². The Hall–Kier alpha value is -2.36. The summed E-state index contributed by atoms with van der Waals surface area (Å²) in [6, 6.07) is 10.9. The molecule has 1 fully saturated rings. The van der Waals surface area contributed by atoms with Crippen molar-refractivity contribution in [2.24, 2.45) is 11.8 Å². The lowest BCUT2D eigenvalue weighted by molar-refractivity contribution is 0.0734. The molecule has 4 nitrogen and oxygen atoms in total. The zero-order valence-electron chi connectivity index (χ0n) is 17.7. The molecule has 1 aromatic heterocycles. The molecule has 156 valence electrons. The molecule has 0 amide bonds. The van der Waals surface area contributed by atoms with Gasteiger partial charge in [0.25, 0.3) is 0 Å². The van der Waals surface area contributed by atoms with Crippen LogP contribution in [0.4, 0.5) is 0 Å². The van der Waals surface area contributed by atoms with E-state index in [2.05, 4.69) is 18.8 Å². The smallest absolute Gasteiger partial charge is 0.343 e. The molecule has 0 atom stereocenters. The van der Waals surface area contributed by atoms with Gasteiger partial charge < -0.3 is 9.47 Å². The molecular weight excluding hydrogens is 362 g/mol. The first kappa shape index (κ1) is 21.4. The number of hydrogen-bond donors (Lipinski definition) is 0. The van der Waals surface area contributed by atoms with Crippen LogP contribution >= 0.6 is 0 Å². The Morgan fingerprint density at radius 2 is 1.66 bits per heavy atom. The minimum atomic E-state index is -0.380. The first-order chi connectivity index (χ1) is 14.2. The van der Waals surface area contributed by atoms with Gasteiger partial charge >= 0.3 is 5.97 Å². The highest BCUT2D eigenvalue weighted by atomic mass is 16.5. The molecule has 1 aliphatic carbocycles. The third-order valence-corrected chi connectivity index (χ3v) is 5.92. The first-order valence-electron chi connectivity index (χ1n) is 11.1. The Balaban J connectivity index is 1.45. The fraction of sp³-hybridized carbons (Fsp3) is 0.520. The van der Waals surface area contributed by atoms with Gasteiger partial charge in [0.05, 0.1) is 18.4 Å². The molecule has 1 aromatic carbocycles. The molecule has 0 unspecified atom stereocenters. The van der Waals surface area contributed by atoms with Gasteiger partial charge in [-0.3, -0.25) is 4.98 Å². The largest absolute Gasteiger partial charge is 0.494 e. The molecule has 4 heteroatoms. The van der Waals surface area contributed by atoms with Gasteiger partial charge in [0.1, 0.15) is 11.5 Å².